The van der Waals surface area contributed by atoms with Crippen molar-refractivity contribution < 1.29 is 4.79 Å². The standard InChI is InChI=1S/C11H20N4O/c1-4-9(3)13-10-6-7-15(14-10)8-11(16)12-5-2/h6-7,9H,4-5,8H2,1-3H3,(H,12,16)(H,13,14). The SMILES string of the molecule is CCNC(=O)Cn1ccc(NC(C)CC)n1. The third-order valence-corrected chi connectivity index (χ3v) is 2.33. The molecule has 0 spiro atoms. The molecule has 1 amide bonds. The highest BCUT2D eigenvalue weighted by molar-refractivity contribution is 5.75. The minimum Gasteiger partial charge on any atom is -0.366 e. The second-order valence-electron chi connectivity index (χ2n) is 3.81. The van der Waals surface area contributed by atoms with Crippen LogP contribution in [0.2, 0.25) is 0 Å². The number of aromatic nitrogens is 2. The fourth-order valence-corrected chi connectivity index (χ4v) is 1.28. The number of hydrogen-bond donors (Lipinski definition) is 2. The molecule has 1 rings (SSSR count). The summed E-state index contributed by atoms with van der Waals surface area (Å²) in [6, 6.07) is 2.28. The van der Waals surface area contributed by atoms with E-state index in [1.54, 1.807) is 10.9 Å². The van der Waals surface area contributed by atoms with Crippen molar-refractivity contribution in [3.63, 3.8) is 0 Å². The number of carbonyl (C=O) groups excluding carboxylic acids is 1. The van der Waals surface area contributed by atoms with E-state index in [0.717, 1.165) is 12.2 Å². The summed E-state index contributed by atoms with van der Waals surface area (Å²) in [5, 5.41) is 10.3. The van der Waals surface area contributed by atoms with Crippen molar-refractivity contribution >= 4 is 11.7 Å². The van der Waals surface area contributed by atoms with Crippen LogP contribution in [0.3, 0.4) is 0 Å². The van der Waals surface area contributed by atoms with Crippen molar-refractivity contribution in [1.29, 1.82) is 0 Å². The van der Waals surface area contributed by atoms with Crippen LogP contribution in [0.5, 0.6) is 0 Å². The van der Waals surface area contributed by atoms with E-state index in [9.17, 15) is 4.79 Å². The van der Waals surface area contributed by atoms with E-state index in [4.69, 9.17) is 0 Å². The summed E-state index contributed by atoms with van der Waals surface area (Å²) >= 11 is 0. The van der Waals surface area contributed by atoms with E-state index in [2.05, 4.69) is 29.6 Å². The summed E-state index contributed by atoms with van der Waals surface area (Å²) in [4.78, 5) is 11.3. The molecule has 0 aromatic carbocycles. The van der Waals surface area contributed by atoms with E-state index in [-0.39, 0.29) is 12.5 Å². The van der Waals surface area contributed by atoms with Crippen LogP contribution in [-0.4, -0.2) is 28.3 Å². The van der Waals surface area contributed by atoms with E-state index in [1.807, 2.05) is 13.0 Å². The average Bonchev–Trinajstić information content (AvgIpc) is 2.65. The maximum Gasteiger partial charge on any atom is 0.241 e. The van der Waals surface area contributed by atoms with Gasteiger partial charge in [0.05, 0.1) is 0 Å². The number of likely N-dealkylation sites (N-methyl/N-ethyl adjacent to an activating group) is 1. The third-order valence-electron chi connectivity index (χ3n) is 2.33. The first-order chi connectivity index (χ1) is 7.65. The molecule has 0 radical (unpaired) electrons. The molecular formula is C11H20N4O. The van der Waals surface area contributed by atoms with Gasteiger partial charge in [-0.05, 0) is 20.3 Å². The molecule has 1 unspecified atom stereocenters. The molecule has 1 aromatic rings. The van der Waals surface area contributed by atoms with Gasteiger partial charge >= 0.3 is 0 Å². The van der Waals surface area contributed by atoms with Gasteiger partial charge in [-0.1, -0.05) is 6.92 Å². The van der Waals surface area contributed by atoms with E-state index in [0.29, 0.717) is 12.6 Å². The van der Waals surface area contributed by atoms with Gasteiger partial charge in [0.2, 0.25) is 5.91 Å². The lowest BCUT2D eigenvalue weighted by molar-refractivity contribution is -0.121. The summed E-state index contributed by atoms with van der Waals surface area (Å²) in [5.74, 6) is 0.805. The zero-order chi connectivity index (χ0) is 12.0. The molecule has 2 N–H and O–H groups in total. The third kappa shape index (κ3) is 3.92. The van der Waals surface area contributed by atoms with Crippen molar-refractivity contribution in [1.82, 2.24) is 15.1 Å². The minimum atomic E-state index is -0.0133. The summed E-state index contributed by atoms with van der Waals surface area (Å²) in [7, 11) is 0. The zero-order valence-electron chi connectivity index (χ0n) is 10.2. The van der Waals surface area contributed by atoms with Gasteiger partial charge in [-0.3, -0.25) is 9.48 Å². The quantitative estimate of drug-likeness (QED) is 0.764. The van der Waals surface area contributed by atoms with Gasteiger partial charge in [0.25, 0.3) is 0 Å². The average molecular weight is 224 g/mol. The first kappa shape index (κ1) is 12.5. The van der Waals surface area contributed by atoms with Gasteiger partial charge in [-0.15, -0.1) is 0 Å². The van der Waals surface area contributed by atoms with Crippen LogP contribution in [0.1, 0.15) is 27.2 Å². The first-order valence-corrected chi connectivity index (χ1v) is 5.72. The Balaban J connectivity index is 2.48. The summed E-state index contributed by atoms with van der Waals surface area (Å²) in [6.45, 7) is 7.04. The van der Waals surface area contributed by atoms with Crippen LogP contribution in [0.25, 0.3) is 0 Å². The highest BCUT2D eigenvalue weighted by Gasteiger charge is 2.05. The lowest BCUT2D eigenvalue weighted by Crippen LogP contribution is -2.27. The number of hydrogen-bond acceptors (Lipinski definition) is 3. The topological polar surface area (TPSA) is 59.0 Å². The van der Waals surface area contributed by atoms with Crippen LogP contribution < -0.4 is 10.6 Å². The molecule has 0 saturated heterocycles. The molecule has 0 fully saturated rings. The van der Waals surface area contributed by atoms with Crippen molar-refractivity contribution in [2.45, 2.75) is 39.8 Å². The number of anilines is 1. The molecule has 1 atom stereocenters. The smallest absolute Gasteiger partial charge is 0.241 e. The van der Waals surface area contributed by atoms with Gasteiger partial charge in [0.15, 0.2) is 0 Å². The lowest BCUT2D eigenvalue weighted by atomic mass is 10.3. The monoisotopic (exact) mass is 224 g/mol. The van der Waals surface area contributed by atoms with Gasteiger partial charge in [-0.2, -0.15) is 5.10 Å². The van der Waals surface area contributed by atoms with Crippen molar-refractivity contribution in [3.8, 4) is 0 Å². The number of nitrogens with zero attached hydrogens (tertiary/aromatic N) is 2. The maximum absolute atomic E-state index is 11.3. The zero-order valence-corrected chi connectivity index (χ0v) is 10.2. The van der Waals surface area contributed by atoms with Crippen LogP contribution in [0, 0.1) is 0 Å². The molecule has 1 aromatic heterocycles. The van der Waals surface area contributed by atoms with Gasteiger partial charge < -0.3 is 10.6 Å². The van der Waals surface area contributed by atoms with Crippen LogP contribution >= 0.6 is 0 Å². The second kappa shape index (κ2) is 6.15. The van der Waals surface area contributed by atoms with Crippen LogP contribution in [0.15, 0.2) is 12.3 Å². The van der Waals surface area contributed by atoms with Crippen molar-refractivity contribution in [2.24, 2.45) is 0 Å². The second-order valence-corrected chi connectivity index (χ2v) is 3.81. The van der Waals surface area contributed by atoms with Gasteiger partial charge in [0.1, 0.15) is 12.4 Å². The molecule has 0 aliphatic rings. The largest absolute Gasteiger partial charge is 0.366 e. The first-order valence-electron chi connectivity index (χ1n) is 5.72. The fraction of sp³-hybridized carbons (Fsp3) is 0.636. The molecule has 1 heterocycles. The predicted molar refractivity (Wildman–Crippen MR) is 64.3 cm³/mol. The molecule has 16 heavy (non-hydrogen) atoms. The van der Waals surface area contributed by atoms with Crippen LogP contribution in [-0.2, 0) is 11.3 Å². The predicted octanol–water partition coefficient (Wildman–Crippen LogP) is 1.23. The van der Waals surface area contributed by atoms with Gasteiger partial charge in [-0.25, -0.2) is 0 Å². The molecule has 0 aliphatic heterocycles. The number of carbonyl (C=O) groups is 1. The molecule has 0 bridgehead atoms. The Morgan fingerprint density at radius 3 is 2.94 bits per heavy atom. The Labute approximate surface area is 96.2 Å². The molecule has 0 aliphatic carbocycles. The summed E-state index contributed by atoms with van der Waals surface area (Å²) in [5.41, 5.74) is 0. The van der Waals surface area contributed by atoms with Crippen LogP contribution in [0.4, 0.5) is 5.82 Å². The van der Waals surface area contributed by atoms with Gasteiger partial charge in [0, 0.05) is 24.8 Å². The van der Waals surface area contributed by atoms with E-state index >= 15 is 0 Å². The van der Waals surface area contributed by atoms with E-state index in [1.165, 1.54) is 0 Å². The number of amides is 1. The maximum atomic E-state index is 11.3. The Morgan fingerprint density at radius 2 is 2.31 bits per heavy atom. The number of rotatable bonds is 6. The summed E-state index contributed by atoms with van der Waals surface area (Å²) in [6.07, 6.45) is 2.85. The Bertz CT molecular complexity index is 334. The van der Waals surface area contributed by atoms with Crippen molar-refractivity contribution in [3.05, 3.63) is 12.3 Å². The Hall–Kier alpha value is -1.52. The lowest BCUT2D eigenvalue weighted by Gasteiger charge is -2.09. The molecule has 90 valence electrons. The van der Waals surface area contributed by atoms with Crippen molar-refractivity contribution in [2.75, 3.05) is 11.9 Å². The Kier molecular flexibility index (Phi) is 4.82. The Morgan fingerprint density at radius 1 is 1.56 bits per heavy atom. The highest BCUT2D eigenvalue weighted by atomic mass is 16.2. The molecule has 5 heteroatoms. The molecule has 0 saturated carbocycles. The fourth-order valence-electron chi connectivity index (χ4n) is 1.28. The normalized spacial score (nSPS) is 12.2. The minimum absolute atomic E-state index is 0.0133. The van der Waals surface area contributed by atoms with E-state index < -0.39 is 0 Å². The molecular weight excluding hydrogens is 204 g/mol. The number of nitrogens with one attached hydrogen (secondary N) is 2. The summed E-state index contributed by atoms with van der Waals surface area (Å²) < 4.78 is 1.63. The highest BCUT2D eigenvalue weighted by Crippen LogP contribution is 2.05. The molecule has 5 nitrogen and oxygen atoms in total.